The average Bonchev–Trinajstić information content (AvgIpc) is 2.73. The second-order valence-corrected chi connectivity index (χ2v) is 7.97. The lowest BCUT2D eigenvalue weighted by Gasteiger charge is -2.22. The van der Waals surface area contributed by atoms with E-state index in [1.165, 1.54) is 16.7 Å². The molecular formula is C12H18N2O2S2. The van der Waals surface area contributed by atoms with Gasteiger partial charge in [-0.05, 0) is 18.1 Å². The van der Waals surface area contributed by atoms with E-state index < -0.39 is 9.84 Å². The number of hydrazine groups is 1. The van der Waals surface area contributed by atoms with Crippen LogP contribution in [0.1, 0.15) is 17.9 Å². The average molecular weight is 286 g/mol. The summed E-state index contributed by atoms with van der Waals surface area (Å²) in [7, 11) is -2.94. The van der Waals surface area contributed by atoms with Gasteiger partial charge in [-0.3, -0.25) is 11.3 Å². The highest BCUT2D eigenvalue weighted by molar-refractivity contribution is 7.99. The van der Waals surface area contributed by atoms with Gasteiger partial charge in [0.05, 0.1) is 5.75 Å². The Morgan fingerprint density at radius 3 is 2.89 bits per heavy atom. The van der Waals surface area contributed by atoms with Gasteiger partial charge in [-0.15, -0.1) is 11.8 Å². The molecule has 0 aliphatic carbocycles. The zero-order valence-electron chi connectivity index (χ0n) is 10.3. The second kappa shape index (κ2) is 5.61. The van der Waals surface area contributed by atoms with Gasteiger partial charge >= 0.3 is 0 Å². The fourth-order valence-electron chi connectivity index (χ4n) is 2.26. The van der Waals surface area contributed by atoms with Gasteiger partial charge in [0.25, 0.3) is 0 Å². The fraction of sp³-hybridized carbons (Fsp3) is 0.500. The molecule has 0 bridgehead atoms. The Balaban J connectivity index is 2.11. The zero-order chi connectivity index (χ0) is 13.2. The first-order valence-electron chi connectivity index (χ1n) is 5.87. The number of nitrogens with one attached hydrogen (secondary N) is 1. The quantitative estimate of drug-likeness (QED) is 0.627. The lowest BCUT2D eigenvalue weighted by molar-refractivity contribution is 0.452. The first kappa shape index (κ1) is 13.9. The third kappa shape index (κ3) is 3.26. The maximum absolute atomic E-state index is 11.2. The zero-order valence-corrected chi connectivity index (χ0v) is 11.9. The van der Waals surface area contributed by atoms with Crippen molar-refractivity contribution < 1.29 is 8.42 Å². The Labute approximate surface area is 112 Å². The normalized spacial score (nSPS) is 20.7. The van der Waals surface area contributed by atoms with Gasteiger partial charge in [-0.1, -0.05) is 18.2 Å². The van der Waals surface area contributed by atoms with Crippen molar-refractivity contribution in [2.45, 2.75) is 23.3 Å². The summed E-state index contributed by atoms with van der Waals surface area (Å²) in [5.74, 6) is 7.00. The van der Waals surface area contributed by atoms with E-state index in [2.05, 4.69) is 17.6 Å². The second-order valence-electron chi connectivity index (χ2n) is 4.65. The highest BCUT2D eigenvalue weighted by Crippen LogP contribution is 2.41. The topological polar surface area (TPSA) is 72.2 Å². The van der Waals surface area contributed by atoms with Crippen LogP contribution in [0.4, 0.5) is 0 Å². The maximum Gasteiger partial charge on any atom is 0.147 e. The summed E-state index contributed by atoms with van der Waals surface area (Å²) in [6.07, 6.45) is 1.81. The predicted octanol–water partition coefficient (Wildman–Crippen LogP) is 1.14. The van der Waals surface area contributed by atoms with Crippen molar-refractivity contribution in [3.05, 3.63) is 29.8 Å². The van der Waals surface area contributed by atoms with Crippen molar-refractivity contribution in [1.29, 1.82) is 0 Å². The van der Waals surface area contributed by atoms with Gasteiger partial charge in [0, 0.05) is 28.9 Å². The number of hydrogen-bond acceptors (Lipinski definition) is 5. The smallest absolute Gasteiger partial charge is 0.147 e. The first-order chi connectivity index (χ1) is 8.51. The summed E-state index contributed by atoms with van der Waals surface area (Å²) in [5.41, 5.74) is 4.06. The van der Waals surface area contributed by atoms with E-state index in [4.69, 9.17) is 5.84 Å². The van der Waals surface area contributed by atoms with E-state index in [1.807, 2.05) is 23.9 Å². The standard InChI is InChI=1S/C12H18N2O2S2/c1-18(15,16)7-6-11(14-13)10-8-17-12-5-3-2-4-9(10)12/h2-5,10-11,14H,6-8,13H2,1H3. The van der Waals surface area contributed by atoms with Crippen molar-refractivity contribution in [3.63, 3.8) is 0 Å². The van der Waals surface area contributed by atoms with Crippen LogP contribution in [0.5, 0.6) is 0 Å². The minimum absolute atomic E-state index is 0.0101. The number of benzene rings is 1. The van der Waals surface area contributed by atoms with Crippen molar-refractivity contribution in [2.24, 2.45) is 5.84 Å². The minimum atomic E-state index is -2.94. The molecule has 6 heteroatoms. The molecular weight excluding hydrogens is 268 g/mol. The van der Waals surface area contributed by atoms with Gasteiger partial charge in [-0.25, -0.2) is 8.42 Å². The number of fused-ring (bicyclic) bond motifs is 1. The molecule has 4 nitrogen and oxygen atoms in total. The van der Waals surface area contributed by atoms with Crippen LogP contribution in [0.3, 0.4) is 0 Å². The van der Waals surface area contributed by atoms with Crippen LogP contribution in [0.15, 0.2) is 29.2 Å². The number of sulfone groups is 1. The molecule has 1 aromatic carbocycles. The van der Waals surface area contributed by atoms with Crippen molar-refractivity contribution in [3.8, 4) is 0 Å². The van der Waals surface area contributed by atoms with Gasteiger partial charge in [0.2, 0.25) is 0 Å². The van der Waals surface area contributed by atoms with Crippen molar-refractivity contribution in [1.82, 2.24) is 5.43 Å². The van der Waals surface area contributed by atoms with Crippen LogP contribution >= 0.6 is 11.8 Å². The first-order valence-corrected chi connectivity index (χ1v) is 8.91. The summed E-state index contributed by atoms with van der Waals surface area (Å²) in [4.78, 5) is 1.28. The number of nitrogens with two attached hydrogens (primary N) is 1. The highest BCUT2D eigenvalue weighted by atomic mass is 32.2. The van der Waals surface area contributed by atoms with E-state index in [-0.39, 0.29) is 17.7 Å². The molecule has 18 heavy (non-hydrogen) atoms. The maximum atomic E-state index is 11.2. The van der Waals surface area contributed by atoms with Crippen molar-refractivity contribution >= 4 is 21.6 Å². The Kier molecular flexibility index (Phi) is 4.32. The third-order valence-corrected chi connectivity index (χ3v) is 5.42. The number of rotatable bonds is 5. The minimum Gasteiger partial charge on any atom is -0.271 e. The fourth-order valence-corrected chi connectivity index (χ4v) is 4.28. The summed E-state index contributed by atoms with van der Waals surface area (Å²) < 4.78 is 22.5. The van der Waals surface area contributed by atoms with Crippen LogP contribution in [-0.2, 0) is 9.84 Å². The molecule has 2 unspecified atom stereocenters. The number of hydrogen-bond donors (Lipinski definition) is 2. The van der Waals surface area contributed by atoms with E-state index in [0.29, 0.717) is 6.42 Å². The monoisotopic (exact) mass is 286 g/mol. The molecule has 100 valence electrons. The van der Waals surface area contributed by atoms with E-state index in [9.17, 15) is 8.42 Å². The molecule has 0 fully saturated rings. The van der Waals surface area contributed by atoms with Crippen LogP contribution in [0.2, 0.25) is 0 Å². The molecule has 1 aromatic rings. The van der Waals surface area contributed by atoms with E-state index >= 15 is 0 Å². The summed E-state index contributed by atoms with van der Waals surface area (Å²) >= 11 is 1.81. The van der Waals surface area contributed by atoms with Crippen molar-refractivity contribution in [2.75, 3.05) is 17.8 Å². The van der Waals surface area contributed by atoms with E-state index in [0.717, 1.165) is 5.75 Å². The largest absolute Gasteiger partial charge is 0.271 e. The third-order valence-electron chi connectivity index (χ3n) is 3.24. The highest BCUT2D eigenvalue weighted by Gasteiger charge is 2.29. The number of thioether (sulfide) groups is 1. The van der Waals surface area contributed by atoms with Crippen LogP contribution in [0.25, 0.3) is 0 Å². The van der Waals surface area contributed by atoms with Crippen LogP contribution in [-0.4, -0.2) is 32.2 Å². The summed E-state index contributed by atoms with van der Waals surface area (Å²) in [6, 6.07) is 8.25. The molecule has 1 aliphatic rings. The summed E-state index contributed by atoms with van der Waals surface area (Å²) in [5, 5.41) is 0. The van der Waals surface area contributed by atoms with Crippen LogP contribution < -0.4 is 11.3 Å². The molecule has 0 saturated heterocycles. The molecule has 1 aliphatic heterocycles. The van der Waals surface area contributed by atoms with Gasteiger partial charge in [-0.2, -0.15) is 0 Å². The lowest BCUT2D eigenvalue weighted by atomic mass is 9.92. The molecule has 2 rings (SSSR count). The summed E-state index contributed by atoms with van der Waals surface area (Å²) in [6.45, 7) is 0. The molecule has 0 radical (unpaired) electrons. The van der Waals surface area contributed by atoms with E-state index in [1.54, 1.807) is 0 Å². The molecule has 3 N–H and O–H groups in total. The SMILES string of the molecule is CS(=O)(=O)CCC(NN)C1CSc2ccccc21. The van der Waals surface area contributed by atoms with Gasteiger partial charge in [0.15, 0.2) is 0 Å². The molecule has 0 amide bonds. The van der Waals surface area contributed by atoms with Crippen LogP contribution in [0, 0.1) is 0 Å². The Morgan fingerprint density at radius 2 is 2.22 bits per heavy atom. The van der Waals surface area contributed by atoms with Gasteiger partial charge in [0.1, 0.15) is 9.84 Å². The molecule has 0 saturated carbocycles. The molecule has 2 atom stereocenters. The molecule has 1 heterocycles. The Bertz CT molecular complexity index is 517. The lowest BCUT2D eigenvalue weighted by Crippen LogP contribution is -2.41. The molecule has 0 aromatic heterocycles. The Hall–Kier alpha value is -0.560. The molecule has 0 spiro atoms. The Morgan fingerprint density at radius 1 is 1.50 bits per heavy atom. The predicted molar refractivity (Wildman–Crippen MR) is 75.3 cm³/mol. The van der Waals surface area contributed by atoms with Gasteiger partial charge < -0.3 is 0 Å².